The zero-order valence-electron chi connectivity index (χ0n) is 13.8. The summed E-state index contributed by atoms with van der Waals surface area (Å²) in [4.78, 5) is 14.2. The first-order valence-corrected chi connectivity index (χ1v) is 7.98. The summed E-state index contributed by atoms with van der Waals surface area (Å²) in [7, 11) is 0. The number of halogens is 1. The van der Waals surface area contributed by atoms with Crippen LogP contribution in [0.15, 0.2) is 24.3 Å². The molecule has 22 heavy (non-hydrogen) atoms. The zero-order valence-corrected chi connectivity index (χ0v) is 13.8. The Bertz CT molecular complexity index is 510. The highest BCUT2D eigenvalue weighted by atomic mass is 19.1. The summed E-state index contributed by atoms with van der Waals surface area (Å²) in [6.45, 7) is 7.89. The highest BCUT2D eigenvalue weighted by Crippen LogP contribution is 2.22. The molecule has 122 valence electrons. The first-order valence-electron chi connectivity index (χ1n) is 7.98. The van der Waals surface area contributed by atoms with Crippen molar-refractivity contribution in [2.45, 2.75) is 52.7 Å². The van der Waals surface area contributed by atoms with Crippen LogP contribution in [0, 0.1) is 11.2 Å². The number of carbonyl (C=O) groups excluding carboxylic acids is 1. The summed E-state index contributed by atoms with van der Waals surface area (Å²) in [6.07, 6.45) is 2.41. The Morgan fingerprint density at radius 2 is 2.09 bits per heavy atom. The van der Waals surface area contributed by atoms with E-state index >= 15 is 0 Å². The van der Waals surface area contributed by atoms with E-state index in [0.29, 0.717) is 18.5 Å². The van der Waals surface area contributed by atoms with E-state index in [1.807, 2.05) is 11.0 Å². The molecule has 4 heteroatoms. The number of nitrogens with zero attached hydrogens (tertiary/aromatic N) is 1. The Morgan fingerprint density at radius 1 is 1.36 bits per heavy atom. The van der Waals surface area contributed by atoms with Gasteiger partial charge in [0.15, 0.2) is 0 Å². The van der Waals surface area contributed by atoms with E-state index in [2.05, 4.69) is 20.8 Å². The molecule has 0 N–H and O–H groups in total. The standard InChI is InChI=1S/C18H26FNO2/c1-18(2,3)11-17(21)20-10-6-8-15(12-20)22-13-14-7-4-5-9-16(14)19/h4-5,7,9,15H,6,8,10-13H2,1-3H3. The summed E-state index contributed by atoms with van der Waals surface area (Å²) >= 11 is 0. The van der Waals surface area contributed by atoms with Crippen molar-refractivity contribution in [2.24, 2.45) is 5.41 Å². The lowest BCUT2D eigenvalue weighted by molar-refractivity contribution is -0.137. The summed E-state index contributed by atoms with van der Waals surface area (Å²) in [5, 5.41) is 0. The first-order chi connectivity index (χ1) is 10.3. The van der Waals surface area contributed by atoms with Crippen molar-refractivity contribution in [1.29, 1.82) is 0 Å². The van der Waals surface area contributed by atoms with E-state index in [1.54, 1.807) is 12.1 Å². The van der Waals surface area contributed by atoms with Crippen LogP contribution in [0.2, 0.25) is 0 Å². The maximum absolute atomic E-state index is 13.6. The molecule has 1 aromatic rings. The molecule has 0 radical (unpaired) electrons. The van der Waals surface area contributed by atoms with Crippen molar-refractivity contribution in [3.8, 4) is 0 Å². The molecule has 3 nitrogen and oxygen atoms in total. The number of amides is 1. The third kappa shape index (κ3) is 5.09. The van der Waals surface area contributed by atoms with E-state index in [1.165, 1.54) is 6.07 Å². The van der Waals surface area contributed by atoms with Gasteiger partial charge >= 0.3 is 0 Å². The molecule has 2 rings (SSSR count). The SMILES string of the molecule is CC(C)(C)CC(=O)N1CCCC(OCc2ccccc2F)C1. The number of hydrogen-bond donors (Lipinski definition) is 0. The number of hydrogen-bond acceptors (Lipinski definition) is 2. The smallest absolute Gasteiger partial charge is 0.223 e. The monoisotopic (exact) mass is 307 g/mol. The van der Waals surface area contributed by atoms with Crippen LogP contribution in [-0.4, -0.2) is 30.0 Å². The van der Waals surface area contributed by atoms with Crippen molar-refractivity contribution in [3.63, 3.8) is 0 Å². The Hall–Kier alpha value is -1.42. The molecule has 0 spiro atoms. The fourth-order valence-corrected chi connectivity index (χ4v) is 2.69. The average molecular weight is 307 g/mol. The number of carbonyl (C=O) groups is 1. The van der Waals surface area contributed by atoms with Crippen molar-refractivity contribution in [1.82, 2.24) is 4.90 Å². The van der Waals surface area contributed by atoms with Gasteiger partial charge in [-0.05, 0) is 24.3 Å². The van der Waals surface area contributed by atoms with Gasteiger partial charge in [-0.2, -0.15) is 0 Å². The first kappa shape index (κ1) is 16.9. The fourth-order valence-electron chi connectivity index (χ4n) is 2.69. The van der Waals surface area contributed by atoms with Crippen molar-refractivity contribution in [3.05, 3.63) is 35.6 Å². The molecule has 1 atom stereocenters. The third-order valence-electron chi connectivity index (χ3n) is 3.84. The minimum atomic E-state index is -0.237. The predicted molar refractivity (Wildman–Crippen MR) is 84.9 cm³/mol. The van der Waals surface area contributed by atoms with Crippen LogP contribution < -0.4 is 0 Å². The van der Waals surface area contributed by atoms with Gasteiger partial charge in [0, 0.05) is 25.1 Å². The van der Waals surface area contributed by atoms with Gasteiger partial charge in [-0.3, -0.25) is 4.79 Å². The summed E-state index contributed by atoms with van der Waals surface area (Å²) < 4.78 is 19.4. The summed E-state index contributed by atoms with van der Waals surface area (Å²) in [5.41, 5.74) is 0.568. The van der Waals surface area contributed by atoms with E-state index in [9.17, 15) is 9.18 Å². The highest BCUT2D eigenvalue weighted by Gasteiger charge is 2.27. The third-order valence-corrected chi connectivity index (χ3v) is 3.84. The van der Waals surface area contributed by atoms with Crippen LogP contribution in [0.25, 0.3) is 0 Å². The van der Waals surface area contributed by atoms with Gasteiger partial charge in [0.2, 0.25) is 5.91 Å². The Balaban J connectivity index is 1.86. The van der Waals surface area contributed by atoms with E-state index < -0.39 is 0 Å². The largest absolute Gasteiger partial charge is 0.372 e. The molecule has 0 aliphatic carbocycles. The zero-order chi connectivity index (χ0) is 16.2. The van der Waals surface area contributed by atoms with Gasteiger partial charge in [-0.15, -0.1) is 0 Å². The van der Waals surface area contributed by atoms with E-state index in [-0.39, 0.29) is 29.9 Å². The molecule has 1 fully saturated rings. The van der Waals surface area contributed by atoms with Crippen molar-refractivity contribution >= 4 is 5.91 Å². The molecule has 1 heterocycles. The van der Waals surface area contributed by atoms with Crippen LogP contribution in [0.3, 0.4) is 0 Å². The van der Waals surface area contributed by atoms with E-state index in [4.69, 9.17) is 4.74 Å². The molecule has 1 unspecified atom stereocenters. The molecule has 1 saturated heterocycles. The Morgan fingerprint density at radius 3 is 2.77 bits per heavy atom. The van der Waals surface area contributed by atoms with Gasteiger partial charge < -0.3 is 9.64 Å². The lowest BCUT2D eigenvalue weighted by Gasteiger charge is -2.34. The minimum absolute atomic E-state index is 0.00193. The normalized spacial score (nSPS) is 19.3. The van der Waals surface area contributed by atoms with E-state index in [0.717, 1.165) is 19.4 Å². The maximum Gasteiger partial charge on any atom is 0.223 e. The number of ether oxygens (including phenoxy) is 1. The number of benzene rings is 1. The second-order valence-corrected chi connectivity index (χ2v) is 7.24. The second kappa shape index (κ2) is 7.23. The topological polar surface area (TPSA) is 29.5 Å². The Labute approximate surface area is 132 Å². The highest BCUT2D eigenvalue weighted by molar-refractivity contribution is 5.76. The molecular formula is C18H26FNO2. The molecule has 1 amide bonds. The van der Waals surface area contributed by atoms with Gasteiger partial charge in [-0.25, -0.2) is 4.39 Å². The number of rotatable bonds is 4. The average Bonchev–Trinajstić information content (AvgIpc) is 2.45. The van der Waals surface area contributed by atoms with Crippen molar-refractivity contribution in [2.75, 3.05) is 13.1 Å². The molecule has 1 aliphatic rings. The quantitative estimate of drug-likeness (QED) is 0.847. The van der Waals surface area contributed by atoms with Crippen LogP contribution in [0.1, 0.15) is 45.6 Å². The molecule has 1 aromatic carbocycles. The van der Waals surface area contributed by atoms with Crippen LogP contribution in [-0.2, 0) is 16.1 Å². The predicted octanol–water partition coefficient (Wildman–Crippen LogP) is 3.77. The van der Waals surface area contributed by atoms with Crippen LogP contribution in [0.5, 0.6) is 0 Å². The lowest BCUT2D eigenvalue weighted by Crippen LogP contribution is -2.44. The van der Waals surface area contributed by atoms with Gasteiger partial charge in [0.25, 0.3) is 0 Å². The Kier molecular flexibility index (Phi) is 5.57. The summed E-state index contributed by atoms with van der Waals surface area (Å²) in [5.74, 6) is -0.0503. The molecule has 1 aliphatic heterocycles. The fraction of sp³-hybridized carbons (Fsp3) is 0.611. The minimum Gasteiger partial charge on any atom is -0.372 e. The maximum atomic E-state index is 13.6. The van der Waals surface area contributed by atoms with Crippen molar-refractivity contribution < 1.29 is 13.9 Å². The number of likely N-dealkylation sites (tertiary alicyclic amines) is 1. The van der Waals surface area contributed by atoms with Gasteiger partial charge in [-0.1, -0.05) is 39.0 Å². The lowest BCUT2D eigenvalue weighted by atomic mass is 9.91. The molecule has 0 aromatic heterocycles. The van der Waals surface area contributed by atoms with Crippen LogP contribution >= 0.6 is 0 Å². The molecule has 0 saturated carbocycles. The van der Waals surface area contributed by atoms with Gasteiger partial charge in [0.1, 0.15) is 5.82 Å². The second-order valence-electron chi connectivity index (χ2n) is 7.24. The summed E-state index contributed by atoms with van der Waals surface area (Å²) in [6, 6.07) is 6.66. The number of piperidine rings is 1. The van der Waals surface area contributed by atoms with Crippen LogP contribution in [0.4, 0.5) is 4.39 Å². The van der Waals surface area contributed by atoms with Gasteiger partial charge in [0.05, 0.1) is 12.7 Å². The molecule has 0 bridgehead atoms. The molecular weight excluding hydrogens is 281 g/mol.